The number of benzene rings is 1. The van der Waals surface area contributed by atoms with Crippen LogP contribution in [0.2, 0.25) is 0 Å². The molecule has 3 N–H and O–H groups in total. The van der Waals surface area contributed by atoms with Crippen LogP contribution in [-0.4, -0.2) is 14.5 Å². The highest BCUT2D eigenvalue weighted by Crippen LogP contribution is 2.63. The summed E-state index contributed by atoms with van der Waals surface area (Å²) in [6.45, 7) is 9.63. The molecule has 2 rings (SSSR count). The number of nitrogens with two attached hydrogens (primary N) is 1. The van der Waals surface area contributed by atoms with Crippen LogP contribution in [0.4, 0.5) is 4.39 Å². The second-order valence-corrected chi connectivity index (χ2v) is 8.58. The van der Waals surface area contributed by atoms with Gasteiger partial charge in [-0.05, 0) is 35.4 Å². The summed E-state index contributed by atoms with van der Waals surface area (Å²) >= 11 is 0. The molecule has 6 heteroatoms. The molecule has 0 saturated heterocycles. The van der Waals surface area contributed by atoms with E-state index in [0.29, 0.717) is 5.56 Å². The molecule has 0 aromatic heterocycles. The van der Waals surface area contributed by atoms with Crippen LogP contribution in [-0.2, 0) is 16.6 Å². The first-order chi connectivity index (χ1) is 9.45. The Morgan fingerprint density at radius 2 is 1.76 bits per heavy atom. The van der Waals surface area contributed by atoms with Gasteiger partial charge in [0.15, 0.2) is 0 Å². The van der Waals surface area contributed by atoms with E-state index in [-0.39, 0.29) is 33.9 Å². The van der Waals surface area contributed by atoms with Crippen LogP contribution < -0.4 is 10.5 Å². The van der Waals surface area contributed by atoms with Gasteiger partial charge in [0.05, 0.1) is 4.90 Å². The van der Waals surface area contributed by atoms with Gasteiger partial charge < -0.3 is 5.73 Å². The topological polar surface area (TPSA) is 72.2 Å². The molecule has 0 bridgehead atoms. The third-order valence-corrected chi connectivity index (χ3v) is 6.72. The molecule has 118 valence electrons. The average molecular weight is 314 g/mol. The summed E-state index contributed by atoms with van der Waals surface area (Å²) in [5.41, 5.74) is 5.83. The van der Waals surface area contributed by atoms with Crippen molar-refractivity contribution in [2.45, 2.75) is 52.1 Å². The second kappa shape index (κ2) is 4.76. The summed E-state index contributed by atoms with van der Waals surface area (Å²) in [6, 6.07) is 2.56. The molecule has 0 amide bonds. The van der Waals surface area contributed by atoms with E-state index in [1.807, 2.05) is 27.7 Å². The number of sulfonamides is 1. The highest BCUT2D eigenvalue weighted by molar-refractivity contribution is 7.89. The quantitative estimate of drug-likeness (QED) is 0.896. The lowest BCUT2D eigenvalue weighted by atomic mass is 10.0. The largest absolute Gasteiger partial charge is 0.326 e. The second-order valence-electron chi connectivity index (χ2n) is 6.90. The third kappa shape index (κ3) is 2.49. The highest BCUT2D eigenvalue weighted by atomic mass is 32.2. The predicted octanol–water partition coefficient (Wildman–Crippen LogP) is 2.31. The minimum Gasteiger partial charge on any atom is -0.326 e. The molecule has 21 heavy (non-hydrogen) atoms. The molecule has 0 radical (unpaired) electrons. The van der Waals surface area contributed by atoms with Crippen LogP contribution in [0.25, 0.3) is 0 Å². The maximum Gasteiger partial charge on any atom is 0.241 e. The molecule has 1 saturated carbocycles. The maximum atomic E-state index is 13.9. The zero-order valence-corrected chi connectivity index (χ0v) is 13.9. The van der Waals surface area contributed by atoms with E-state index in [9.17, 15) is 12.8 Å². The van der Waals surface area contributed by atoms with Gasteiger partial charge in [-0.2, -0.15) is 0 Å². The van der Waals surface area contributed by atoms with Gasteiger partial charge >= 0.3 is 0 Å². The average Bonchev–Trinajstić information content (AvgIpc) is 2.74. The van der Waals surface area contributed by atoms with Crippen molar-refractivity contribution in [2.75, 3.05) is 0 Å². The van der Waals surface area contributed by atoms with E-state index >= 15 is 0 Å². The normalized spacial score (nSPS) is 20.5. The van der Waals surface area contributed by atoms with Crippen molar-refractivity contribution in [3.05, 3.63) is 29.1 Å². The lowest BCUT2D eigenvalue weighted by Gasteiger charge is -2.13. The fourth-order valence-corrected chi connectivity index (χ4v) is 4.65. The Labute approximate surface area is 126 Å². The van der Waals surface area contributed by atoms with E-state index in [2.05, 4.69) is 4.72 Å². The molecule has 1 fully saturated rings. The summed E-state index contributed by atoms with van der Waals surface area (Å²) in [4.78, 5) is -0.0264. The Bertz CT molecular complexity index is 667. The lowest BCUT2D eigenvalue weighted by molar-refractivity contribution is 0.457. The van der Waals surface area contributed by atoms with Gasteiger partial charge in [-0.3, -0.25) is 0 Å². The minimum absolute atomic E-state index is 0.0264. The zero-order valence-electron chi connectivity index (χ0n) is 13.1. The van der Waals surface area contributed by atoms with Gasteiger partial charge in [0.25, 0.3) is 0 Å². The molecule has 1 aliphatic rings. The molecule has 0 spiro atoms. The number of hydrogen-bond acceptors (Lipinski definition) is 3. The molecule has 1 aliphatic carbocycles. The first kappa shape index (κ1) is 16.4. The molecule has 4 nitrogen and oxygen atoms in total. The van der Waals surface area contributed by atoms with Crippen LogP contribution in [0.5, 0.6) is 0 Å². The summed E-state index contributed by atoms with van der Waals surface area (Å²) in [5, 5.41) is 0. The van der Waals surface area contributed by atoms with Crippen molar-refractivity contribution in [3.63, 3.8) is 0 Å². The standard InChI is InChI=1S/C15H23FN2O2S/c1-9-11(16)6-10(8-17)7-12(9)21(19,20)18-13-14(2,3)15(13,4)5/h6-7,13,18H,8,17H2,1-5H3. The van der Waals surface area contributed by atoms with E-state index in [4.69, 9.17) is 5.73 Å². The maximum absolute atomic E-state index is 13.9. The molecule has 0 heterocycles. The number of rotatable bonds is 4. The van der Waals surface area contributed by atoms with Crippen molar-refractivity contribution >= 4 is 10.0 Å². The molecule has 1 aromatic rings. The smallest absolute Gasteiger partial charge is 0.241 e. The van der Waals surface area contributed by atoms with Gasteiger partial charge in [-0.25, -0.2) is 17.5 Å². The Kier molecular flexibility index (Phi) is 3.72. The van der Waals surface area contributed by atoms with Crippen LogP contribution in [0, 0.1) is 23.6 Å². The predicted molar refractivity (Wildman–Crippen MR) is 80.7 cm³/mol. The first-order valence-electron chi connectivity index (χ1n) is 6.96. The summed E-state index contributed by atoms with van der Waals surface area (Å²) < 4.78 is 41.7. The van der Waals surface area contributed by atoms with Gasteiger partial charge in [0.2, 0.25) is 10.0 Å². The first-order valence-corrected chi connectivity index (χ1v) is 8.45. The molecule has 0 unspecified atom stereocenters. The van der Waals surface area contributed by atoms with Gasteiger partial charge in [-0.1, -0.05) is 27.7 Å². The van der Waals surface area contributed by atoms with E-state index in [0.717, 1.165) is 0 Å². The number of hydrogen-bond donors (Lipinski definition) is 2. The molecule has 0 atom stereocenters. The lowest BCUT2D eigenvalue weighted by Crippen LogP contribution is -2.30. The third-order valence-electron chi connectivity index (χ3n) is 5.18. The van der Waals surface area contributed by atoms with E-state index in [1.54, 1.807) is 0 Å². The number of halogens is 1. The van der Waals surface area contributed by atoms with Crippen molar-refractivity contribution < 1.29 is 12.8 Å². The number of nitrogens with one attached hydrogen (secondary N) is 1. The van der Waals surface area contributed by atoms with Crippen LogP contribution in [0.1, 0.15) is 38.8 Å². The van der Waals surface area contributed by atoms with Crippen LogP contribution >= 0.6 is 0 Å². The fourth-order valence-electron chi connectivity index (χ4n) is 2.81. The fraction of sp³-hybridized carbons (Fsp3) is 0.600. The molecular weight excluding hydrogens is 291 g/mol. The highest BCUT2D eigenvalue weighted by Gasteiger charge is 2.66. The Morgan fingerprint density at radius 3 is 2.19 bits per heavy atom. The Balaban J connectivity index is 2.40. The van der Waals surface area contributed by atoms with Gasteiger partial charge in [0.1, 0.15) is 5.82 Å². The van der Waals surface area contributed by atoms with E-state index in [1.165, 1.54) is 19.1 Å². The summed E-state index contributed by atoms with van der Waals surface area (Å²) in [5.74, 6) is -0.548. The minimum atomic E-state index is -3.77. The Hall–Kier alpha value is -0.980. The molecular formula is C15H23FN2O2S. The van der Waals surface area contributed by atoms with Gasteiger partial charge in [-0.15, -0.1) is 0 Å². The molecule has 1 aromatic carbocycles. The summed E-state index contributed by atoms with van der Waals surface area (Å²) in [7, 11) is -3.77. The Morgan fingerprint density at radius 1 is 1.24 bits per heavy atom. The van der Waals surface area contributed by atoms with Crippen molar-refractivity contribution in [2.24, 2.45) is 16.6 Å². The SMILES string of the molecule is Cc1c(F)cc(CN)cc1S(=O)(=O)NC1C(C)(C)C1(C)C. The van der Waals surface area contributed by atoms with Crippen LogP contribution in [0.3, 0.4) is 0 Å². The van der Waals surface area contributed by atoms with Crippen molar-refractivity contribution in [1.29, 1.82) is 0 Å². The summed E-state index contributed by atoms with van der Waals surface area (Å²) in [6.07, 6.45) is 0. The molecule has 0 aliphatic heterocycles. The zero-order chi connectivity index (χ0) is 16.2. The van der Waals surface area contributed by atoms with Crippen molar-refractivity contribution in [1.82, 2.24) is 4.72 Å². The van der Waals surface area contributed by atoms with E-state index < -0.39 is 15.8 Å². The van der Waals surface area contributed by atoms with Crippen molar-refractivity contribution in [3.8, 4) is 0 Å². The van der Waals surface area contributed by atoms with Crippen LogP contribution in [0.15, 0.2) is 17.0 Å². The monoisotopic (exact) mass is 314 g/mol. The van der Waals surface area contributed by atoms with Gasteiger partial charge in [0, 0.05) is 18.2 Å².